The lowest BCUT2D eigenvalue weighted by atomic mass is 9.91. The first-order valence-corrected chi connectivity index (χ1v) is 13.7. The van der Waals surface area contributed by atoms with Crippen LogP contribution in [0.5, 0.6) is 0 Å². The van der Waals surface area contributed by atoms with Gasteiger partial charge in [0.15, 0.2) is 18.2 Å². The largest absolute Gasteiger partial charge is 0.412 e. The highest BCUT2D eigenvalue weighted by Gasteiger charge is 2.32. The van der Waals surface area contributed by atoms with E-state index in [1.54, 1.807) is 24.3 Å². The van der Waals surface area contributed by atoms with Crippen LogP contribution in [0.3, 0.4) is 0 Å². The molecule has 0 saturated heterocycles. The van der Waals surface area contributed by atoms with Gasteiger partial charge in [-0.05, 0) is 63.9 Å². The van der Waals surface area contributed by atoms with Crippen molar-refractivity contribution in [3.63, 3.8) is 0 Å². The average Bonchev–Trinajstić information content (AvgIpc) is 2.50. The fourth-order valence-corrected chi connectivity index (χ4v) is 6.01. The molecule has 1 aromatic rings. The van der Waals surface area contributed by atoms with Gasteiger partial charge >= 0.3 is 0 Å². The molecular formula is C18H32O3SSi. The molecule has 132 valence electrons. The quantitative estimate of drug-likeness (QED) is 0.436. The van der Waals surface area contributed by atoms with Crippen LogP contribution in [0.15, 0.2) is 35.2 Å². The summed E-state index contributed by atoms with van der Waals surface area (Å²) >= 11 is 0. The molecule has 0 radical (unpaired) electrons. The van der Waals surface area contributed by atoms with Crippen molar-refractivity contribution in [2.24, 2.45) is 0 Å². The molecule has 0 aromatic heterocycles. The molecule has 3 nitrogen and oxygen atoms in total. The van der Waals surface area contributed by atoms with Crippen LogP contribution in [0.25, 0.3) is 0 Å². The molecule has 0 N–H and O–H groups in total. The Balaban J connectivity index is 2.58. The third-order valence-electron chi connectivity index (χ3n) is 4.21. The summed E-state index contributed by atoms with van der Waals surface area (Å²) in [6.45, 7) is 11.0. The number of benzene rings is 1. The Morgan fingerprint density at radius 3 is 2.04 bits per heavy atom. The molecule has 0 aliphatic heterocycles. The van der Waals surface area contributed by atoms with Gasteiger partial charge in [0, 0.05) is 0 Å². The molecule has 5 heteroatoms. The smallest absolute Gasteiger partial charge is 0.184 e. The van der Waals surface area contributed by atoms with Gasteiger partial charge in [-0.25, -0.2) is 8.42 Å². The van der Waals surface area contributed by atoms with Crippen LogP contribution >= 0.6 is 0 Å². The van der Waals surface area contributed by atoms with Gasteiger partial charge in [0.25, 0.3) is 0 Å². The van der Waals surface area contributed by atoms with E-state index in [2.05, 4.69) is 33.5 Å². The number of rotatable bonds is 10. The highest BCUT2D eigenvalue weighted by molar-refractivity contribution is 7.91. The first-order valence-electron chi connectivity index (χ1n) is 8.62. The van der Waals surface area contributed by atoms with E-state index in [9.17, 15) is 8.42 Å². The standard InChI is InChI=1S/C18H32O3SSi/c1-6-18(7-2,21-23(3,4)5)15-11-12-16-22(19,20)17-13-9-8-10-14-17/h8-10,13-14H,6-7,11-12,15-16H2,1-5H3. The Morgan fingerprint density at radius 2 is 1.57 bits per heavy atom. The van der Waals surface area contributed by atoms with Crippen LogP contribution in [0.2, 0.25) is 19.6 Å². The lowest BCUT2D eigenvalue weighted by Crippen LogP contribution is -2.42. The Morgan fingerprint density at radius 1 is 1.00 bits per heavy atom. The number of hydrogen-bond donors (Lipinski definition) is 0. The third-order valence-corrected chi connectivity index (χ3v) is 7.07. The van der Waals surface area contributed by atoms with Crippen molar-refractivity contribution in [1.82, 2.24) is 0 Å². The minimum atomic E-state index is -3.16. The van der Waals surface area contributed by atoms with Crippen molar-refractivity contribution < 1.29 is 12.8 Å². The Labute approximate surface area is 143 Å². The predicted octanol–water partition coefficient (Wildman–Crippen LogP) is 5.04. The van der Waals surface area contributed by atoms with Gasteiger partial charge in [-0.3, -0.25) is 0 Å². The van der Waals surface area contributed by atoms with Gasteiger partial charge in [-0.15, -0.1) is 0 Å². The molecule has 0 amide bonds. The first-order chi connectivity index (χ1) is 10.6. The zero-order chi connectivity index (χ0) is 17.6. The van der Waals surface area contributed by atoms with Crippen LogP contribution in [0.4, 0.5) is 0 Å². The van der Waals surface area contributed by atoms with Gasteiger partial charge in [0.2, 0.25) is 0 Å². The molecule has 1 aromatic carbocycles. The summed E-state index contributed by atoms with van der Waals surface area (Å²) in [6, 6.07) is 8.73. The predicted molar refractivity (Wildman–Crippen MR) is 100 cm³/mol. The van der Waals surface area contributed by atoms with E-state index < -0.39 is 18.2 Å². The van der Waals surface area contributed by atoms with Crippen LogP contribution in [-0.4, -0.2) is 28.1 Å². The van der Waals surface area contributed by atoms with Crippen LogP contribution < -0.4 is 0 Å². The van der Waals surface area contributed by atoms with Crippen LogP contribution in [-0.2, 0) is 14.3 Å². The van der Waals surface area contributed by atoms with Crippen LogP contribution in [0.1, 0.15) is 46.0 Å². The topological polar surface area (TPSA) is 43.4 Å². The first kappa shape index (κ1) is 20.4. The highest BCUT2D eigenvalue weighted by atomic mass is 32.2. The number of hydrogen-bond acceptors (Lipinski definition) is 3. The molecule has 23 heavy (non-hydrogen) atoms. The summed E-state index contributed by atoms with van der Waals surface area (Å²) in [6.07, 6.45) is 4.49. The van der Waals surface area contributed by atoms with Crippen molar-refractivity contribution in [2.45, 2.75) is 76.1 Å². The third kappa shape index (κ3) is 6.77. The van der Waals surface area contributed by atoms with E-state index in [4.69, 9.17) is 4.43 Å². The normalized spacial score (nSPS) is 13.3. The van der Waals surface area contributed by atoms with E-state index >= 15 is 0 Å². The number of unbranched alkanes of at least 4 members (excludes halogenated alkanes) is 1. The van der Waals surface area contributed by atoms with Gasteiger partial charge in [0.1, 0.15) is 0 Å². The second-order valence-electron chi connectivity index (χ2n) is 7.19. The maximum Gasteiger partial charge on any atom is 0.184 e. The Hall–Kier alpha value is -0.653. The van der Waals surface area contributed by atoms with Crippen molar-refractivity contribution in [2.75, 3.05) is 5.75 Å². The maximum absolute atomic E-state index is 12.3. The lowest BCUT2D eigenvalue weighted by molar-refractivity contribution is 0.0409. The minimum Gasteiger partial charge on any atom is -0.412 e. The molecule has 0 bridgehead atoms. The van der Waals surface area contributed by atoms with Crippen molar-refractivity contribution >= 4 is 18.2 Å². The van der Waals surface area contributed by atoms with E-state index in [1.807, 2.05) is 6.07 Å². The summed E-state index contributed by atoms with van der Waals surface area (Å²) in [5.74, 6) is 0.216. The van der Waals surface area contributed by atoms with Crippen molar-refractivity contribution in [1.29, 1.82) is 0 Å². The Kier molecular flexibility index (Phi) is 7.49. The van der Waals surface area contributed by atoms with E-state index in [0.717, 1.165) is 25.7 Å². The lowest BCUT2D eigenvalue weighted by Gasteiger charge is -2.38. The fourth-order valence-electron chi connectivity index (χ4n) is 2.93. The monoisotopic (exact) mass is 356 g/mol. The van der Waals surface area contributed by atoms with Gasteiger partial charge in [0.05, 0.1) is 16.2 Å². The minimum absolute atomic E-state index is 0.0824. The van der Waals surface area contributed by atoms with Crippen molar-refractivity contribution in [3.8, 4) is 0 Å². The maximum atomic E-state index is 12.3. The molecule has 0 aliphatic carbocycles. The Bertz CT molecular complexity index is 558. The molecule has 0 aliphatic rings. The molecule has 0 heterocycles. The van der Waals surface area contributed by atoms with E-state index in [1.165, 1.54) is 0 Å². The van der Waals surface area contributed by atoms with Crippen LogP contribution in [0, 0.1) is 0 Å². The molecule has 0 saturated carbocycles. The molecule has 0 unspecified atom stereocenters. The second kappa shape index (κ2) is 8.45. The molecule has 0 atom stereocenters. The second-order valence-corrected chi connectivity index (χ2v) is 13.7. The number of sulfone groups is 1. The summed E-state index contributed by atoms with van der Waals surface area (Å²) < 4.78 is 31.0. The zero-order valence-corrected chi connectivity index (χ0v) is 17.1. The van der Waals surface area contributed by atoms with Gasteiger partial charge in [-0.1, -0.05) is 32.0 Å². The van der Waals surface area contributed by atoms with Gasteiger partial charge in [-0.2, -0.15) is 0 Å². The summed E-state index contributed by atoms with van der Waals surface area (Å²) in [7, 11) is -4.76. The summed E-state index contributed by atoms with van der Waals surface area (Å²) in [5.41, 5.74) is -0.0824. The zero-order valence-electron chi connectivity index (χ0n) is 15.3. The SMILES string of the molecule is CCC(CC)(CCCCS(=O)(=O)c1ccccc1)O[Si](C)(C)C. The fraction of sp³-hybridized carbons (Fsp3) is 0.667. The van der Waals surface area contributed by atoms with E-state index in [0.29, 0.717) is 11.3 Å². The highest BCUT2D eigenvalue weighted by Crippen LogP contribution is 2.31. The van der Waals surface area contributed by atoms with Crippen molar-refractivity contribution in [3.05, 3.63) is 30.3 Å². The van der Waals surface area contributed by atoms with Gasteiger partial charge < -0.3 is 4.43 Å². The summed E-state index contributed by atoms with van der Waals surface area (Å²) in [5, 5.41) is 0. The molecule has 0 fully saturated rings. The molecular weight excluding hydrogens is 324 g/mol. The molecule has 0 spiro atoms. The molecule has 1 rings (SSSR count). The average molecular weight is 357 g/mol. The van der Waals surface area contributed by atoms with E-state index in [-0.39, 0.29) is 11.4 Å². The summed E-state index contributed by atoms with van der Waals surface area (Å²) in [4.78, 5) is 0.426.